The predicted octanol–water partition coefficient (Wildman–Crippen LogP) is 4.12. The second kappa shape index (κ2) is 15.7. The van der Waals surface area contributed by atoms with Gasteiger partial charge in [-0.2, -0.15) is 0 Å². The summed E-state index contributed by atoms with van der Waals surface area (Å²) in [6.07, 6.45) is 7.19. The van der Waals surface area contributed by atoms with E-state index in [2.05, 4.69) is 43.1 Å². The van der Waals surface area contributed by atoms with Gasteiger partial charge in [0.15, 0.2) is 17.3 Å². The minimum absolute atomic E-state index is 0.0697. The summed E-state index contributed by atoms with van der Waals surface area (Å²) in [5, 5.41) is 3.98. The third-order valence-electron chi connectivity index (χ3n) is 9.64. The first-order chi connectivity index (χ1) is 24.3. The molecule has 264 valence electrons. The fourth-order valence-corrected chi connectivity index (χ4v) is 6.87. The maximum absolute atomic E-state index is 14.1. The van der Waals surface area contributed by atoms with Crippen LogP contribution in [0.3, 0.4) is 0 Å². The van der Waals surface area contributed by atoms with Gasteiger partial charge in [-0.1, -0.05) is 6.92 Å². The highest BCUT2D eigenvalue weighted by Crippen LogP contribution is 2.44. The summed E-state index contributed by atoms with van der Waals surface area (Å²) in [6.45, 7) is 8.77. The van der Waals surface area contributed by atoms with Gasteiger partial charge in [0.1, 0.15) is 5.82 Å². The SMILES string of the molecule is CCN1CCN(C(=O)c2cnc(-c3cccnc3)nc2C)CCC(=O)NCC2CCCN(C2)c2nc3cc(OC)c(OC)c(OC)c3cc2C1. The second-order valence-corrected chi connectivity index (χ2v) is 12.8. The van der Waals surface area contributed by atoms with Crippen LogP contribution in [0.1, 0.15) is 47.8 Å². The Bertz CT molecular complexity index is 1840. The number of aromatic nitrogens is 4. The van der Waals surface area contributed by atoms with Gasteiger partial charge in [-0.3, -0.25) is 19.5 Å². The van der Waals surface area contributed by atoms with E-state index >= 15 is 0 Å². The van der Waals surface area contributed by atoms with Crippen molar-refractivity contribution in [3.05, 3.63) is 59.7 Å². The van der Waals surface area contributed by atoms with Gasteiger partial charge in [0.05, 0.1) is 38.1 Å². The minimum atomic E-state index is -0.200. The first-order valence-corrected chi connectivity index (χ1v) is 17.2. The number of carbonyl (C=O) groups excluding carboxylic acids is 2. The topological polar surface area (TPSA) is 135 Å². The van der Waals surface area contributed by atoms with Crippen molar-refractivity contribution in [2.45, 2.75) is 39.7 Å². The highest BCUT2D eigenvalue weighted by molar-refractivity contribution is 5.95. The quantitative estimate of drug-likeness (QED) is 0.315. The van der Waals surface area contributed by atoms with Crippen LogP contribution in [0.5, 0.6) is 17.2 Å². The van der Waals surface area contributed by atoms with E-state index in [1.165, 1.54) is 0 Å². The molecule has 1 atom stereocenters. The van der Waals surface area contributed by atoms with Crippen LogP contribution in [-0.2, 0) is 11.3 Å². The van der Waals surface area contributed by atoms with E-state index in [0.29, 0.717) is 60.5 Å². The molecule has 1 N–H and O–H groups in total. The van der Waals surface area contributed by atoms with Crippen LogP contribution in [0.4, 0.5) is 5.82 Å². The number of carbonyl (C=O) groups is 2. The first-order valence-electron chi connectivity index (χ1n) is 17.2. The van der Waals surface area contributed by atoms with E-state index in [1.54, 1.807) is 44.8 Å². The molecule has 2 aliphatic rings. The van der Waals surface area contributed by atoms with Crippen LogP contribution in [0.2, 0.25) is 0 Å². The van der Waals surface area contributed by atoms with Crippen molar-refractivity contribution < 1.29 is 23.8 Å². The molecule has 50 heavy (non-hydrogen) atoms. The molecule has 13 nitrogen and oxygen atoms in total. The lowest BCUT2D eigenvalue weighted by molar-refractivity contribution is -0.121. The molecule has 13 heteroatoms. The van der Waals surface area contributed by atoms with Gasteiger partial charge < -0.3 is 29.3 Å². The van der Waals surface area contributed by atoms with Gasteiger partial charge in [0.2, 0.25) is 11.7 Å². The summed E-state index contributed by atoms with van der Waals surface area (Å²) in [6, 6.07) is 7.75. The number of piperidine rings is 1. The molecule has 0 aliphatic carbocycles. The average Bonchev–Trinajstić information content (AvgIpc) is 3.15. The summed E-state index contributed by atoms with van der Waals surface area (Å²) in [5.41, 5.74) is 3.57. The van der Waals surface area contributed by atoms with Crippen LogP contribution in [-0.4, -0.2) is 109 Å². The zero-order valence-corrected chi connectivity index (χ0v) is 29.6. The molecule has 2 amide bonds. The molecule has 1 saturated heterocycles. The Morgan fingerprint density at radius 1 is 1.02 bits per heavy atom. The molecular weight excluding hydrogens is 636 g/mol. The zero-order chi connectivity index (χ0) is 35.2. The Morgan fingerprint density at radius 3 is 2.58 bits per heavy atom. The summed E-state index contributed by atoms with van der Waals surface area (Å²) in [7, 11) is 4.83. The summed E-state index contributed by atoms with van der Waals surface area (Å²) >= 11 is 0. The van der Waals surface area contributed by atoms with Gasteiger partial charge in [0, 0.05) is 93.4 Å². The predicted molar refractivity (Wildman–Crippen MR) is 191 cm³/mol. The van der Waals surface area contributed by atoms with Crippen LogP contribution in [0, 0.1) is 12.8 Å². The minimum Gasteiger partial charge on any atom is -0.493 e. The van der Waals surface area contributed by atoms with E-state index in [0.717, 1.165) is 60.3 Å². The van der Waals surface area contributed by atoms with Crippen molar-refractivity contribution in [2.24, 2.45) is 5.92 Å². The number of nitrogens with one attached hydrogen (secondary N) is 1. The molecule has 0 radical (unpaired) electrons. The van der Waals surface area contributed by atoms with E-state index in [1.807, 2.05) is 25.1 Å². The number of amides is 2. The highest BCUT2D eigenvalue weighted by atomic mass is 16.5. The molecule has 1 unspecified atom stereocenters. The lowest BCUT2D eigenvalue weighted by atomic mass is 9.97. The van der Waals surface area contributed by atoms with Crippen LogP contribution in [0.15, 0.2) is 42.9 Å². The molecule has 2 bridgehead atoms. The molecule has 6 rings (SSSR count). The molecule has 2 aliphatic heterocycles. The number of rotatable bonds is 6. The lowest BCUT2D eigenvalue weighted by Crippen LogP contribution is -2.42. The summed E-state index contributed by atoms with van der Waals surface area (Å²) < 4.78 is 17.2. The number of ether oxygens (including phenoxy) is 3. The van der Waals surface area contributed by atoms with Gasteiger partial charge in [-0.25, -0.2) is 15.0 Å². The number of benzene rings is 1. The Kier molecular flexibility index (Phi) is 10.9. The number of nitrogens with zero attached hydrogens (tertiary/aromatic N) is 7. The summed E-state index contributed by atoms with van der Waals surface area (Å²) in [4.78, 5) is 52.1. The van der Waals surface area contributed by atoms with Crippen LogP contribution >= 0.6 is 0 Å². The first kappa shape index (κ1) is 34.8. The number of likely N-dealkylation sites (N-methyl/N-ethyl adjacent to an activating group) is 1. The number of aryl methyl sites for hydroxylation is 1. The maximum atomic E-state index is 14.1. The molecule has 0 saturated carbocycles. The molecule has 5 heterocycles. The van der Waals surface area contributed by atoms with E-state index < -0.39 is 0 Å². The fourth-order valence-electron chi connectivity index (χ4n) is 6.87. The van der Waals surface area contributed by atoms with Crippen molar-refractivity contribution in [1.29, 1.82) is 0 Å². The standard InChI is InChI=1S/C37H46N8O5/c1-6-43-15-16-44(37(47)29-21-40-35(41-24(29)2)26-10-7-12-38-20-26)14-11-32(46)39-19-25-9-8-13-45(22-25)36-27(23-43)17-28-30(42-36)18-31(48-3)34(50-5)33(28)49-4/h7,10,12,17-18,20-21,25H,6,8-9,11,13-16,19,22-23H2,1-5H3,(H,39,46). The van der Waals surface area contributed by atoms with Gasteiger partial charge >= 0.3 is 0 Å². The lowest BCUT2D eigenvalue weighted by Gasteiger charge is -2.35. The Labute approximate surface area is 293 Å². The smallest absolute Gasteiger partial charge is 0.257 e. The van der Waals surface area contributed by atoms with Gasteiger partial charge in [-0.05, 0) is 50.4 Å². The van der Waals surface area contributed by atoms with Gasteiger partial charge in [-0.15, -0.1) is 0 Å². The molecule has 0 spiro atoms. The van der Waals surface area contributed by atoms with E-state index in [9.17, 15) is 9.59 Å². The van der Waals surface area contributed by atoms with Gasteiger partial charge in [0.25, 0.3) is 5.91 Å². The largest absolute Gasteiger partial charge is 0.493 e. The van der Waals surface area contributed by atoms with E-state index in [4.69, 9.17) is 19.2 Å². The Hall–Kier alpha value is -5.04. The number of anilines is 1. The third-order valence-corrected chi connectivity index (χ3v) is 9.64. The zero-order valence-electron chi connectivity index (χ0n) is 29.6. The van der Waals surface area contributed by atoms with E-state index in [-0.39, 0.29) is 30.7 Å². The summed E-state index contributed by atoms with van der Waals surface area (Å²) in [5.74, 6) is 3.05. The van der Waals surface area contributed by atoms with Crippen molar-refractivity contribution in [3.8, 4) is 28.6 Å². The molecule has 3 aromatic heterocycles. The number of hydrogen-bond acceptors (Lipinski definition) is 11. The molecule has 1 fully saturated rings. The maximum Gasteiger partial charge on any atom is 0.257 e. The number of methoxy groups -OCH3 is 3. The number of pyridine rings is 2. The highest BCUT2D eigenvalue weighted by Gasteiger charge is 2.28. The monoisotopic (exact) mass is 682 g/mol. The van der Waals surface area contributed by atoms with Crippen molar-refractivity contribution in [1.82, 2.24) is 35.1 Å². The second-order valence-electron chi connectivity index (χ2n) is 12.8. The molecule has 1 aromatic carbocycles. The van der Waals surface area contributed by atoms with Crippen LogP contribution < -0.4 is 24.4 Å². The average molecular weight is 683 g/mol. The molecular formula is C37H46N8O5. The van der Waals surface area contributed by atoms with Crippen molar-refractivity contribution in [2.75, 3.05) is 72.0 Å². The Balaban J connectivity index is 1.35. The normalized spacial score (nSPS) is 17.7. The van der Waals surface area contributed by atoms with Crippen molar-refractivity contribution in [3.63, 3.8) is 0 Å². The van der Waals surface area contributed by atoms with Crippen molar-refractivity contribution >= 4 is 28.5 Å². The molecule has 4 aromatic rings. The number of fused-ring (bicyclic) bond motifs is 5. The number of hydrogen-bond donors (Lipinski definition) is 1. The Morgan fingerprint density at radius 2 is 1.86 bits per heavy atom. The third kappa shape index (κ3) is 7.42. The van der Waals surface area contributed by atoms with Crippen LogP contribution in [0.25, 0.3) is 22.3 Å². The fraction of sp³-hybridized carbons (Fsp3) is 0.459.